The van der Waals surface area contributed by atoms with Crippen LogP contribution in [0, 0.1) is 0 Å². The molecule has 1 N–H and O–H groups in total. The highest BCUT2D eigenvalue weighted by Crippen LogP contribution is 2.31. The fourth-order valence-corrected chi connectivity index (χ4v) is 3.85. The van der Waals surface area contributed by atoms with E-state index in [4.69, 9.17) is 23.2 Å². The zero-order chi connectivity index (χ0) is 18.5. The van der Waals surface area contributed by atoms with Gasteiger partial charge in [-0.3, -0.25) is 4.98 Å². The molecule has 3 rings (SSSR count). The molecule has 134 valence electrons. The van der Waals surface area contributed by atoms with Gasteiger partial charge < -0.3 is 5.11 Å². The van der Waals surface area contributed by atoms with E-state index >= 15 is 0 Å². The molecule has 0 spiro atoms. The second-order valence-electron chi connectivity index (χ2n) is 6.27. The van der Waals surface area contributed by atoms with Gasteiger partial charge in [-0.25, -0.2) is 0 Å². The van der Waals surface area contributed by atoms with E-state index in [1.807, 2.05) is 36.4 Å². The number of halogens is 3. The van der Waals surface area contributed by atoms with E-state index < -0.39 is 6.10 Å². The molecule has 0 saturated heterocycles. The zero-order valence-electron chi connectivity index (χ0n) is 13.9. The largest absolute Gasteiger partial charge is 0.392 e. The Morgan fingerprint density at radius 3 is 2.23 bits per heavy atom. The van der Waals surface area contributed by atoms with E-state index in [2.05, 4.69) is 33.0 Å². The highest BCUT2D eigenvalue weighted by atomic mass is 79.9. The number of hydrogen-bond acceptors (Lipinski definition) is 2. The quantitative estimate of drug-likeness (QED) is 0.493. The van der Waals surface area contributed by atoms with E-state index in [1.165, 1.54) is 0 Å². The molecule has 0 radical (unpaired) electrons. The summed E-state index contributed by atoms with van der Waals surface area (Å²) in [4.78, 5) is 4.13. The van der Waals surface area contributed by atoms with Crippen molar-refractivity contribution in [2.75, 3.05) is 0 Å². The maximum Gasteiger partial charge on any atom is 0.0652 e. The molecule has 0 amide bonds. The topological polar surface area (TPSA) is 33.1 Å². The molecule has 0 aliphatic carbocycles. The Hall–Kier alpha value is -1.39. The van der Waals surface area contributed by atoms with Gasteiger partial charge in [-0.1, -0.05) is 57.3 Å². The van der Waals surface area contributed by atoms with Crippen LogP contribution in [0.15, 0.2) is 71.5 Å². The van der Waals surface area contributed by atoms with Crippen molar-refractivity contribution in [2.24, 2.45) is 0 Å². The standard InChI is InChI=1S/C21H18BrCl2NO/c22-17-5-3-14(4-6-17)8-20(16-10-18(23)12-19(24)11-16)21(26)9-15-2-1-7-25-13-15/h1-7,10-13,20-21,26H,8-9H2. The van der Waals surface area contributed by atoms with Crippen molar-refractivity contribution >= 4 is 39.1 Å². The molecule has 2 aromatic carbocycles. The van der Waals surface area contributed by atoms with Crippen molar-refractivity contribution in [1.29, 1.82) is 0 Å². The van der Waals surface area contributed by atoms with E-state index in [1.54, 1.807) is 18.5 Å². The van der Waals surface area contributed by atoms with Crippen molar-refractivity contribution in [3.63, 3.8) is 0 Å². The molecule has 0 fully saturated rings. The van der Waals surface area contributed by atoms with Gasteiger partial charge in [-0.05, 0) is 59.5 Å². The maximum atomic E-state index is 11.0. The summed E-state index contributed by atoms with van der Waals surface area (Å²) in [5.41, 5.74) is 3.07. The van der Waals surface area contributed by atoms with Crippen molar-refractivity contribution in [3.05, 3.63) is 98.2 Å². The first kappa shape index (κ1) is 19.4. The van der Waals surface area contributed by atoms with Crippen LogP contribution in [0.3, 0.4) is 0 Å². The summed E-state index contributed by atoms with van der Waals surface area (Å²) in [5, 5.41) is 12.1. The second kappa shape index (κ2) is 9.01. The van der Waals surface area contributed by atoms with Gasteiger partial charge >= 0.3 is 0 Å². The van der Waals surface area contributed by atoms with Crippen molar-refractivity contribution in [2.45, 2.75) is 24.9 Å². The van der Waals surface area contributed by atoms with Crippen molar-refractivity contribution < 1.29 is 5.11 Å². The highest BCUT2D eigenvalue weighted by molar-refractivity contribution is 9.10. The van der Waals surface area contributed by atoms with Gasteiger partial charge in [-0.15, -0.1) is 0 Å². The lowest BCUT2D eigenvalue weighted by Gasteiger charge is -2.24. The molecule has 0 aliphatic rings. The van der Waals surface area contributed by atoms with Crippen molar-refractivity contribution in [1.82, 2.24) is 4.98 Å². The lowest BCUT2D eigenvalue weighted by Crippen LogP contribution is -2.23. The Balaban J connectivity index is 1.90. The van der Waals surface area contributed by atoms with Crippen LogP contribution in [0.4, 0.5) is 0 Å². The minimum Gasteiger partial charge on any atom is -0.392 e. The van der Waals surface area contributed by atoms with Gasteiger partial charge in [0, 0.05) is 39.3 Å². The van der Waals surface area contributed by atoms with E-state index in [0.29, 0.717) is 22.9 Å². The first-order valence-corrected chi connectivity index (χ1v) is 9.83. The lowest BCUT2D eigenvalue weighted by atomic mass is 9.85. The average molecular weight is 451 g/mol. The predicted octanol–water partition coefficient (Wildman–Crippen LogP) is 6.08. The third-order valence-electron chi connectivity index (χ3n) is 4.31. The summed E-state index contributed by atoms with van der Waals surface area (Å²) in [6.07, 6.45) is 4.12. The molecule has 1 heterocycles. The lowest BCUT2D eigenvalue weighted by molar-refractivity contribution is 0.142. The fraction of sp³-hybridized carbons (Fsp3) is 0.190. The molecule has 0 aliphatic heterocycles. The SMILES string of the molecule is OC(Cc1cccnc1)C(Cc1ccc(Br)cc1)c1cc(Cl)cc(Cl)c1. The number of rotatable bonds is 6. The first-order chi connectivity index (χ1) is 12.5. The van der Waals surface area contributed by atoms with Gasteiger partial charge in [0.05, 0.1) is 6.10 Å². The molecule has 5 heteroatoms. The first-order valence-electron chi connectivity index (χ1n) is 8.28. The maximum absolute atomic E-state index is 11.0. The van der Waals surface area contributed by atoms with Crippen LogP contribution in [-0.2, 0) is 12.8 Å². The van der Waals surface area contributed by atoms with Crippen LogP contribution >= 0.6 is 39.1 Å². The Labute approximate surface area is 171 Å². The van der Waals surface area contributed by atoms with Crippen LogP contribution < -0.4 is 0 Å². The van der Waals surface area contributed by atoms with Gasteiger partial charge in [0.25, 0.3) is 0 Å². The second-order valence-corrected chi connectivity index (χ2v) is 8.06. The number of aliphatic hydroxyl groups is 1. The Morgan fingerprint density at radius 2 is 1.62 bits per heavy atom. The molecular formula is C21H18BrCl2NO. The Morgan fingerprint density at radius 1 is 0.923 bits per heavy atom. The molecule has 26 heavy (non-hydrogen) atoms. The Kier molecular flexibility index (Phi) is 6.71. The van der Waals surface area contributed by atoms with Crippen LogP contribution in [0.25, 0.3) is 0 Å². The molecule has 0 bridgehead atoms. The normalized spacial score (nSPS) is 13.4. The van der Waals surface area contributed by atoms with Crippen LogP contribution in [0.1, 0.15) is 22.6 Å². The van der Waals surface area contributed by atoms with E-state index in [9.17, 15) is 5.11 Å². The van der Waals surface area contributed by atoms with Crippen LogP contribution in [0.5, 0.6) is 0 Å². The minimum atomic E-state index is -0.586. The van der Waals surface area contributed by atoms with Gasteiger partial charge in [0.15, 0.2) is 0 Å². The third-order valence-corrected chi connectivity index (χ3v) is 5.28. The summed E-state index contributed by atoms with van der Waals surface area (Å²) in [6.45, 7) is 0. The van der Waals surface area contributed by atoms with Gasteiger partial charge in [0.2, 0.25) is 0 Å². The number of pyridine rings is 1. The van der Waals surface area contributed by atoms with E-state index in [0.717, 1.165) is 21.2 Å². The molecule has 2 unspecified atom stereocenters. The zero-order valence-corrected chi connectivity index (χ0v) is 17.0. The number of aliphatic hydroxyl groups excluding tert-OH is 1. The molecule has 2 atom stereocenters. The third kappa shape index (κ3) is 5.31. The minimum absolute atomic E-state index is 0.132. The number of hydrogen-bond donors (Lipinski definition) is 1. The van der Waals surface area contributed by atoms with Crippen LogP contribution in [0.2, 0.25) is 10.0 Å². The number of aromatic nitrogens is 1. The summed E-state index contributed by atoms with van der Waals surface area (Å²) in [6, 6.07) is 17.4. The number of benzene rings is 2. The van der Waals surface area contributed by atoms with Gasteiger partial charge in [0.1, 0.15) is 0 Å². The fourth-order valence-electron chi connectivity index (χ4n) is 3.04. The van der Waals surface area contributed by atoms with Gasteiger partial charge in [-0.2, -0.15) is 0 Å². The Bertz CT molecular complexity index is 835. The molecule has 2 nitrogen and oxygen atoms in total. The van der Waals surface area contributed by atoms with E-state index in [-0.39, 0.29) is 5.92 Å². The summed E-state index contributed by atoms with van der Waals surface area (Å²) >= 11 is 15.9. The average Bonchev–Trinajstić information content (AvgIpc) is 2.61. The van der Waals surface area contributed by atoms with Crippen LogP contribution in [-0.4, -0.2) is 16.2 Å². The smallest absolute Gasteiger partial charge is 0.0652 e. The number of nitrogens with zero attached hydrogens (tertiary/aromatic N) is 1. The summed E-state index contributed by atoms with van der Waals surface area (Å²) in [5.74, 6) is -0.132. The predicted molar refractivity (Wildman–Crippen MR) is 111 cm³/mol. The monoisotopic (exact) mass is 449 g/mol. The molecule has 1 aromatic heterocycles. The molecule has 0 saturated carbocycles. The van der Waals surface area contributed by atoms with Crippen molar-refractivity contribution in [3.8, 4) is 0 Å². The molecule has 3 aromatic rings. The summed E-state index contributed by atoms with van der Waals surface area (Å²) in [7, 11) is 0. The highest BCUT2D eigenvalue weighted by Gasteiger charge is 2.23. The summed E-state index contributed by atoms with van der Waals surface area (Å²) < 4.78 is 1.03. The molecular weight excluding hydrogens is 433 g/mol.